The molecule has 0 saturated carbocycles. The van der Waals surface area contributed by atoms with E-state index in [0.717, 1.165) is 41.0 Å². The van der Waals surface area contributed by atoms with Gasteiger partial charge in [0.25, 0.3) is 0 Å². The van der Waals surface area contributed by atoms with Crippen LogP contribution in [0.2, 0.25) is 0 Å². The molecule has 7 nitrogen and oxygen atoms in total. The Balaban J connectivity index is 1.96. The monoisotopic (exact) mass is 447 g/mol. The highest BCUT2D eigenvalue weighted by molar-refractivity contribution is 7.99. The third-order valence-electron chi connectivity index (χ3n) is 4.76. The summed E-state index contributed by atoms with van der Waals surface area (Å²) in [5.41, 5.74) is 3.83. The fourth-order valence-corrected chi connectivity index (χ4v) is 5.24. The number of nitrogens with zero attached hydrogens (tertiary/aromatic N) is 3. The van der Waals surface area contributed by atoms with E-state index in [1.165, 1.54) is 0 Å². The molecule has 30 heavy (non-hydrogen) atoms. The first kappa shape index (κ1) is 22.7. The molecular weight excluding hydrogens is 418 g/mol. The molecule has 0 spiro atoms. The molecule has 0 radical (unpaired) electrons. The van der Waals surface area contributed by atoms with Crippen molar-refractivity contribution in [3.63, 3.8) is 0 Å². The number of aryl methyl sites for hydroxylation is 2. The van der Waals surface area contributed by atoms with E-state index in [0.29, 0.717) is 27.2 Å². The van der Waals surface area contributed by atoms with Crippen LogP contribution in [0.1, 0.15) is 55.7 Å². The molecule has 0 saturated heterocycles. The first-order valence-electron chi connectivity index (χ1n) is 10.2. The predicted molar refractivity (Wildman–Crippen MR) is 125 cm³/mol. The lowest BCUT2D eigenvalue weighted by Crippen LogP contribution is -2.26. The van der Waals surface area contributed by atoms with Crippen LogP contribution in [0.15, 0.2) is 22.2 Å². The van der Waals surface area contributed by atoms with Gasteiger partial charge in [0.15, 0.2) is 16.6 Å². The van der Waals surface area contributed by atoms with E-state index in [2.05, 4.69) is 54.0 Å². The van der Waals surface area contributed by atoms with Crippen LogP contribution in [0.4, 0.5) is 5.82 Å². The van der Waals surface area contributed by atoms with Gasteiger partial charge in [0, 0.05) is 6.20 Å². The van der Waals surface area contributed by atoms with Crippen LogP contribution in [0, 0.1) is 19.8 Å². The highest BCUT2D eigenvalue weighted by Gasteiger charge is 2.21. The number of aromatic amines is 1. The molecule has 2 unspecified atom stereocenters. The van der Waals surface area contributed by atoms with Crippen LogP contribution >= 0.6 is 23.1 Å². The van der Waals surface area contributed by atoms with Crippen LogP contribution in [-0.2, 0) is 0 Å². The summed E-state index contributed by atoms with van der Waals surface area (Å²) in [4.78, 5) is 28.6. The standard InChI is InChI=1S/C21H29N5O2S2/c1-6-15(16-13(5)8-12(4)9-22-16)29-20-24-18(23-14(10-27)7-11(2)3)17-19(25-20)26-21(28)30-17/h8-9,11,14-15,27H,6-7,10H2,1-5H3,(H2,23,24,25,26,28). The zero-order valence-corrected chi connectivity index (χ0v) is 19.7. The highest BCUT2D eigenvalue weighted by Crippen LogP contribution is 2.38. The maximum Gasteiger partial charge on any atom is 0.306 e. The first-order chi connectivity index (χ1) is 14.3. The SMILES string of the molecule is CCC(Sc1nc(NC(CO)CC(C)C)c2sc(=O)[nH]c2n1)c1ncc(C)cc1C. The van der Waals surface area contributed by atoms with Crippen LogP contribution < -0.4 is 10.2 Å². The summed E-state index contributed by atoms with van der Waals surface area (Å²) in [7, 11) is 0. The number of anilines is 1. The van der Waals surface area contributed by atoms with E-state index >= 15 is 0 Å². The van der Waals surface area contributed by atoms with Crippen molar-refractivity contribution < 1.29 is 5.11 Å². The summed E-state index contributed by atoms with van der Waals surface area (Å²) in [6.07, 6.45) is 3.56. The van der Waals surface area contributed by atoms with Gasteiger partial charge in [-0.25, -0.2) is 9.97 Å². The zero-order chi connectivity index (χ0) is 21.8. The molecule has 0 aliphatic rings. The quantitative estimate of drug-likeness (QED) is 0.329. The van der Waals surface area contributed by atoms with Crippen molar-refractivity contribution in [2.45, 2.75) is 63.9 Å². The van der Waals surface area contributed by atoms with Crippen molar-refractivity contribution in [1.82, 2.24) is 19.9 Å². The number of hydrogen-bond donors (Lipinski definition) is 3. The maximum absolute atomic E-state index is 12.0. The third kappa shape index (κ3) is 5.39. The molecule has 2 atom stereocenters. The van der Waals surface area contributed by atoms with Gasteiger partial charge < -0.3 is 10.4 Å². The fourth-order valence-electron chi connectivity index (χ4n) is 3.44. The van der Waals surface area contributed by atoms with Gasteiger partial charge in [-0.05, 0) is 43.7 Å². The number of rotatable bonds is 9. The van der Waals surface area contributed by atoms with Gasteiger partial charge in [-0.1, -0.05) is 49.9 Å². The number of nitrogens with one attached hydrogen (secondary N) is 2. The number of aliphatic hydroxyl groups is 1. The zero-order valence-electron chi connectivity index (χ0n) is 18.0. The maximum atomic E-state index is 12.0. The number of aliphatic hydroxyl groups excluding tert-OH is 1. The molecule has 3 N–H and O–H groups in total. The van der Waals surface area contributed by atoms with Crippen LogP contribution in [0.5, 0.6) is 0 Å². The van der Waals surface area contributed by atoms with Crippen molar-refractivity contribution in [3.05, 3.63) is 38.8 Å². The molecule has 3 heterocycles. The number of aromatic nitrogens is 4. The minimum absolute atomic E-state index is 0.00442. The van der Waals surface area contributed by atoms with E-state index in [4.69, 9.17) is 4.98 Å². The van der Waals surface area contributed by atoms with Crippen molar-refractivity contribution in [2.75, 3.05) is 11.9 Å². The van der Waals surface area contributed by atoms with Crippen molar-refractivity contribution in [1.29, 1.82) is 0 Å². The molecule has 0 aliphatic heterocycles. The van der Waals surface area contributed by atoms with Gasteiger partial charge in [0.2, 0.25) is 0 Å². The molecule has 0 bridgehead atoms. The molecule has 0 aromatic carbocycles. The molecular formula is C21H29N5O2S2. The Bertz CT molecular complexity index is 1060. The first-order valence-corrected chi connectivity index (χ1v) is 11.9. The average molecular weight is 448 g/mol. The smallest absolute Gasteiger partial charge is 0.306 e. The number of thiazole rings is 1. The number of pyridine rings is 1. The van der Waals surface area contributed by atoms with E-state index in [1.54, 1.807) is 11.8 Å². The van der Waals surface area contributed by atoms with Crippen molar-refractivity contribution >= 4 is 39.3 Å². The Hall–Kier alpha value is -1.97. The summed E-state index contributed by atoms with van der Waals surface area (Å²) in [6.45, 7) is 10.4. The largest absolute Gasteiger partial charge is 0.394 e. The lowest BCUT2D eigenvalue weighted by Gasteiger charge is -2.20. The number of thioether (sulfide) groups is 1. The van der Waals surface area contributed by atoms with Crippen LogP contribution in [-0.4, -0.2) is 37.7 Å². The molecule has 0 aliphatic carbocycles. The van der Waals surface area contributed by atoms with Gasteiger partial charge in [0.1, 0.15) is 4.70 Å². The van der Waals surface area contributed by atoms with Crippen molar-refractivity contribution in [3.8, 4) is 0 Å². The molecule has 9 heteroatoms. The number of H-pyrrole nitrogens is 1. The Labute approximate surface area is 184 Å². The Morgan fingerprint density at radius 2 is 2.07 bits per heavy atom. The van der Waals surface area contributed by atoms with Gasteiger partial charge in [0.05, 0.1) is 23.6 Å². The molecule has 3 rings (SSSR count). The van der Waals surface area contributed by atoms with E-state index < -0.39 is 0 Å². The normalized spacial score (nSPS) is 13.7. The van der Waals surface area contributed by atoms with Gasteiger partial charge >= 0.3 is 4.87 Å². The summed E-state index contributed by atoms with van der Waals surface area (Å²) in [5, 5.41) is 13.8. The van der Waals surface area contributed by atoms with Gasteiger partial charge in [-0.15, -0.1) is 0 Å². The number of fused-ring (bicyclic) bond motifs is 1. The second-order valence-corrected chi connectivity index (χ2v) is 10.1. The van der Waals surface area contributed by atoms with E-state index in [-0.39, 0.29) is 22.8 Å². The molecule has 3 aromatic heterocycles. The lowest BCUT2D eigenvalue weighted by atomic mass is 10.0. The molecule has 0 fully saturated rings. The van der Waals surface area contributed by atoms with E-state index in [1.807, 2.05) is 13.1 Å². The predicted octanol–water partition coefficient (Wildman–Crippen LogP) is 4.45. The molecule has 162 valence electrons. The Morgan fingerprint density at radius 1 is 1.30 bits per heavy atom. The summed E-state index contributed by atoms with van der Waals surface area (Å²) in [6, 6.07) is 2.00. The molecule has 3 aromatic rings. The molecule has 0 amide bonds. The van der Waals surface area contributed by atoms with Crippen LogP contribution in [0.3, 0.4) is 0 Å². The summed E-state index contributed by atoms with van der Waals surface area (Å²) in [5.74, 6) is 1.01. The average Bonchev–Trinajstić information content (AvgIpc) is 3.06. The van der Waals surface area contributed by atoms with E-state index in [9.17, 15) is 9.90 Å². The van der Waals surface area contributed by atoms with Gasteiger partial charge in [-0.2, -0.15) is 0 Å². The minimum atomic E-state index is -0.169. The lowest BCUT2D eigenvalue weighted by molar-refractivity contribution is 0.259. The van der Waals surface area contributed by atoms with Crippen LogP contribution in [0.25, 0.3) is 10.3 Å². The minimum Gasteiger partial charge on any atom is -0.394 e. The van der Waals surface area contributed by atoms with Gasteiger partial charge in [-0.3, -0.25) is 14.8 Å². The second-order valence-electron chi connectivity index (χ2n) is 7.93. The fraction of sp³-hybridized carbons (Fsp3) is 0.524. The third-order valence-corrected chi connectivity index (χ3v) is 6.87. The summed E-state index contributed by atoms with van der Waals surface area (Å²) < 4.78 is 0.684. The highest BCUT2D eigenvalue weighted by atomic mass is 32.2. The Morgan fingerprint density at radius 3 is 2.70 bits per heavy atom. The Kier molecular flexibility index (Phi) is 7.49. The number of hydrogen-bond acceptors (Lipinski definition) is 8. The summed E-state index contributed by atoms with van der Waals surface area (Å²) >= 11 is 2.63. The topological polar surface area (TPSA) is 104 Å². The second kappa shape index (κ2) is 9.89. The van der Waals surface area contributed by atoms with Crippen molar-refractivity contribution in [2.24, 2.45) is 5.92 Å².